The van der Waals surface area contributed by atoms with Gasteiger partial charge in [0.15, 0.2) is 5.78 Å². The number of rotatable bonds is 10. The Kier molecular flexibility index (Phi) is 9.23. The molecule has 0 aromatic carbocycles. The van der Waals surface area contributed by atoms with Gasteiger partial charge in [-0.3, -0.25) is 4.79 Å². The maximum absolute atomic E-state index is 12.3. The minimum atomic E-state index is 0.164. The summed E-state index contributed by atoms with van der Waals surface area (Å²) >= 11 is 0. The first kappa shape index (κ1) is 20.6. The highest BCUT2D eigenvalue weighted by atomic mass is 16.1. The van der Waals surface area contributed by atoms with E-state index in [-0.39, 0.29) is 5.78 Å². The molecule has 0 atom stereocenters. The van der Waals surface area contributed by atoms with Crippen molar-refractivity contribution in [1.82, 2.24) is 9.55 Å². The molecule has 0 radical (unpaired) electrons. The van der Waals surface area contributed by atoms with Gasteiger partial charge in [0.05, 0.1) is 10.7 Å². The molecule has 134 valence electrons. The molecule has 25 heavy (non-hydrogen) atoms. The highest BCUT2D eigenvalue weighted by molar-refractivity contribution is 6.02. The maximum atomic E-state index is 12.3. The van der Waals surface area contributed by atoms with Gasteiger partial charge in [0, 0.05) is 18.5 Å². The quantitative estimate of drug-likeness (QED) is 0.478. The van der Waals surface area contributed by atoms with Crippen molar-refractivity contribution in [1.29, 1.82) is 0 Å². The van der Waals surface area contributed by atoms with Crippen LogP contribution >= 0.6 is 0 Å². The van der Waals surface area contributed by atoms with E-state index in [4.69, 9.17) is 0 Å². The Balaban J connectivity index is 3.24. The fourth-order valence-electron chi connectivity index (χ4n) is 2.45. The largest absolute Gasteiger partial charge is 0.321 e. The average molecular weight is 338 g/mol. The third kappa shape index (κ3) is 6.18. The maximum Gasteiger partial charge on any atom is 0.162 e. The van der Waals surface area contributed by atoms with E-state index in [2.05, 4.69) is 41.8 Å². The second kappa shape index (κ2) is 11.2. The van der Waals surface area contributed by atoms with Crippen molar-refractivity contribution in [3.8, 4) is 0 Å². The van der Waals surface area contributed by atoms with Crippen molar-refractivity contribution < 1.29 is 4.79 Å². The number of hydrogen-bond donors (Lipinski definition) is 0. The molecule has 1 rings (SSSR count). The standard InChI is InChI=1S/C22H30N2O/c1-6-10-12-13-16-24-18(5)20(23-22(24)14-8-3)17-19(9-4)21(25)15-11-7-2/h6,8-9,12-14,17H,1,5,7,10-11,15-16H2,2-4H3/b13-12+,14-8+,19-9+,20-17+. The molecule has 0 aliphatic heterocycles. The zero-order chi connectivity index (χ0) is 18.7. The van der Waals surface area contributed by atoms with Crippen molar-refractivity contribution in [2.24, 2.45) is 0 Å². The zero-order valence-electron chi connectivity index (χ0n) is 15.8. The number of unbranched alkanes of at least 4 members (excludes halogenated alkanes) is 1. The van der Waals surface area contributed by atoms with E-state index in [1.54, 1.807) is 0 Å². The number of nitrogens with zero attached hydrogens (tertiary/aromatic N) is 2. The Morgan fingerprint density at radius 1 is 1.28 bits per heavy atom. The van der Waals surface area contributed by atoms with Gasteiger partial charge in [-0.1, -0.05) is 50.3 Å². The van der Waals surface area contributed by atoms with E-state index in [9.17, 15) is 4.79 Å². The van der Waals surface area contributed by atoms with E-state index in [1.165, 1.54) is 0 Å². The van der Waals surface area contributed by atoms with Gasteiger partial charge in [-0.15, -0.1) is 6.58 Å². The predicted molar refractivity (Wildman–Crippen MR) is 108 cm³/mol. The van der Waals surface area contributed by atoms with Crippen LogP contribution in [-0.2, 0) is 11.3 Å². The minimum Gasteiger partial charge on any atom is -0.321 e. The monoisotopic (exact) mass is 338 g/mol. The summed E-state index contributed by atoms with van der Waals surface area (Å²) in [5.74, 6) is 1.01. The van der Waals surface area contributed by atoms with E-state index in [0.717, 1.165) is 35.8 Å². The molecule has 1 aromatic heterocycles. The molecular formula is C22H30N2O. The number of allylic oxidation sites excluding steroid dienone is 6. The number of Topliss-reactive ketones (excluding diaryl/α,β-unsaturated/α-hetero) is 1. The minimum absolute atomic E-state index is 0.164. The average Bonchev–Trinajstić information content (AvgIpc) is 2.90. The lowest BCUT2D eigenvalue weighted by atomic mass is 10.1. The first-order chi connectivity index (χ1) is 12.1. The summed E-state index contributed by atoms with van der Waals surface area (Å²) in [5, 5.41) is 1.57. The topological polar surface area (TPSA) is 34.9 Å². The van der Waals surface area contributed by atoms with Crippen molar-refractivity contribution in [3.05, 3.63) is 59.1 Å². The Bertz CT molecular complexity index is 776. The lowest BCUT2D eigenvalue weighted by molar-refractivity contribution is -0.115. The lowest BCUT2D eigenvalue weighted by Gasteiger charge is -2.01. The van der Waals surface area contributed by atoms with Gasteiger partial charge in [-0.2, -0.15) is 0 Å². The van der Waals surface area contributed by atoms with Crippen LogP contribution in [0, 0.1) is 0 Å². The summed E-state index contributed by atoms with van der Waals surface area (Å²) in [4.78, 5) is 17.0. The fourth-order valence-corrected chi connectivity index (χ4v) is 2.45. The van der Waals surface area contributed by atoms with Gasteiger partial charge < -0.3 is 4.57 Å². The summed E-state index contributed by atoms with van der Waals surface area (Å²) in [5.41, 5.74) is 0.706. The van der Waals surface area contributed by atoms with Crippen LogP contribution in [0.2, 0.25) is 0 Å². The molecule has 0 N–H and O–H groups in total. The molecule has 3 nitrogen and oxygen atoms in total. The molecule has 0 amide bonds. The van der Waals surface area contributed by atoms with E-state index < -0.39 is 0 Å². The third-order valence-corrected chi connectivity index (χ3v) is 3.89. The van der Waals surface area contributed by atoms with Gasteiger partial charge in [0.25, 0.3) is 0 Å². The summed E-state index contributed by atoms with van der Waals surface area (Å²) in [6, 6.07) is 0. The zero-order valence-corrected chi connectivity index (χ0v) is 15.8. The van der Waals surface area contributed by atoms with E-state index in [0.29, 0.717) is 18.5 Å². The predicted octanol–water partition coefficient (Wildman–Crippen LogP) is 3.94. The molecule has 0 fully saturated rings. The number of hydrogen-bond acceptors (Lipinski definition) is 2. The molecule has 0 aliphatic carbocycles. The third-order valence-electron chi connectivity index (χ3n) is 3.89. The molecule has 1 aromatic rings. The molecule has 0 unspecified atom stereocenters. The van der Waals surface area contributed by atoms with Crippen molar-refractivity contribution in [2.75, 3.05) is 0 Å². The Morgan fingerprint density at radius 2 is 2.04 bits per heavy atom. The SMILES string of the molecule is C=CC/C=C/Cn1c(/C=C/C)n/c(=C/C(=C\C)C(=O)CCCC)c1=C. The van der Waals surface area contributed by atoms with Gasteiger partial charge in [-0.05, 0) is 38.8 Å². The number of carbonyl (C=O) groups is 1. The summed E-state index contributed by atoms with van der Waals surface area (Å²) in [6.45, 7) is 14.5. The number of aromatic nitrogens is 2. The van der Waals surface area contributed by atoms with Crippen molar-refractivity contribution in [3.63, 3.8) is 0 Å². The first-order valence-corrected chi connectivity index (χ1v) is 8.94. The van der Waals surface area contributed by atoms with Gasteiger partial charge in [0.1, 0.15) is 5.82 Å². The summed E-state index contributed by atoms with van der Waals surface area (Å²) < 4.78 is 2.05. The number of carbonyl (C=O) groups excluding carboxylic acids is 1. The van der Waals surface area contributed by atoms with Crippen LogP contribution < -0.4 is 10.7 Å². The molecule has 0 saturated carbocycles. The molecule has 0 aliphatic rings. The van der Waals surface area contributed by atoms with Crippen molar-refractivity contribution in [2.45, 2.75) is 53.0 Å². The van der Waals surface area contributed by atoms with Gasteiger partial charge in [-0.25, -0.2) is 4.98 Å². The van der Waals surface area contributed by atoms with Crippen LogP contribution in [0.4, 0.5) is 0 Å². The van der Waals surface area contributed by atoms with Crippen LogP contribution in [0.5, 0.6) is 0 Å². The van der Waals surface area contributed by atoms with Crippen LogP contribution in [-0.4, -0.2) is 15.3 Å². The Labute approximate surface area is 151 Å². The smallest absolute Gasteiger partial charge is 0.162 e. The lowest BCUT2D eigenvalue weighted by Crippen LogP contribution is -2.29. The van der Waals surface area contributed by atoms with Crippen molar-refractivity contribution >= 4 is 24.5 Å². The van der Waals surface area contributed by atoms with Crippen LogP contribution in [0.25, 0.3) is 18.7 Å². The Morgan fingerprint density at radius 3 is 2.64 bits per heavy atom. The number of imidazole rings is 1. The molecular weight excluding hydrogens is 308 g/mol. The molecule has 0 saturated heterocycles. The normalized spacial score (nSPS) is 13.2. The van der Waals surface area contributed by atoms with E-state index >= 15 is 0 Å². The summed E-state index contributed by atoms with van der Waals surface area (Å²) in [7, 11) is 0. The second-order valence-electron chi connectivity index (χ2n) is 5.82. The molecule has 1 heterocycles. The highest BCUT2D eigenvalue weighted by Gasteiger charge is 2.08. The molecule has 0 bridgehead atoms. The van der Waals surface area contributed by atoms with Gasteiger partial charge in [0.2, 0.25) is 0 Å². The molecule has 0 spiro atoms. The second-order valence-corrected chi connectivity index (χ2v) is 5.82. The van der Waals surface area contributed by atoms with Crippen LogP contribution in [0.15, 0.2) is 42.5 Å². The summed E-state index contributed by atoms with van der Waals surface area (Å²) in [6.07, 6.45) is 17.0. The first-order valence-electron chi connectivity index (χ1n) is 8.94. The highest BCUT2D eigenvalue weighted by Crippen LogP contribution is 2.06. The van der Waals surface area contributed by atoms with Crippen LogP contribution in [0.3, 0.4) is 0 Å². The van der Waals surface area contributed by atoms with Crippen LogP contribution in [0.1, 0.15) is 52.3 Å². The van der Waals surface area contributed by atoms with E-state index in [1.807, 2.05) is 44.2 Å². The van der Waals surface area contributed by atoms with Gasteiger partial charge >= 0.3 is 0 Å². The molecule has 3 heteroatoms. The fraction of sp³-hybridized carbons (Fsp3) is 0.364. The number of ketones is 1. The Hall–Kier alpha value is -2.42.